The van der Waals surface area contributed by atoms with Crippen molar-refractivity contribution in [1.29, 1.82) is 0 Å². The van der Waals surface area contributed by atoms with Crippen molar-refractivity contribution in [1.82, 2.24) is 0 Å². The quantitative estimate of drug-likeness (QED) is 0.536. The summed E-state index contributed by atoms with van der Waals surface area (Å²) < 4.78 is 4.07. The first kappa shape index (κ1) is 14.6. The second-order valence-corrected chi connectivity index (χ2v) is 5.65. The third kappa shape index (κ3) is 6.72. The fraction of sp³-hybridized carbons (Fsp3) is 0.400. The Bertz CT molecular complexity index is 306. The Hall–Kier alpha value is -0.500. The van der Waals surface area contributed by atoms with E-state index in [-0.39, 0.29) is 5.54 Å². The number of hydrogen-bond acceptors (Lipinski definition) is 1. The van der Waals surface area contributed by atoms with Crippen molar-refractivity contribution < 1.29 is 20.9 Å². The summed E-state index contributed by atoms with van der Waals surface area (Å²) in [6.07, 6.45) is 19.6. The summed E-state index contributed by atoms with van der Waals surface area (Å²) in [4.78, 5) is 0. The Kier molecular flexibility index (Phi) is 6.04. The van der Waals surface area contributed by atoms with Gasteiger partial charge in [0.1, 0.15) is 0 Å². The van der Waals surface area contributed by atoms with E-state index >= 15 is 0 Å². The molecule has 2 aliphatic carbocycles. The van der Waals surface area contributed by atoms with Gasteiger partial charge in [-0.25, -0.2) is 0 Å². The second-order valence-electron chi connectivity index (χ2n) is 5.16. The molecule has 17 heavy (non-hydrogen) atoms. The van der Waals surface area contributed by atoms with Crippen molar-refractivity contribution in [3.8, 4) is 0 Å². The van der Waals surface area contributed by atoms with E-state index in [2.05, 4.69) is 79.1 Å². The predicted molar refractivity (Wildman–Crippen MR) is 70.0 cm³/mol. The Morgan fingerprint density at radius 1 is 0.882 bits per heavy atom. The van der Waals surface area contributed by atoms with Crippen molar-refractivity contribution >= 4 is 0 Å². The normalized spacial score (nSPS) is 18.5. The van der Waals surface area contributed by atoms with Gasteiger partial charge in [-0.2, -0.15) is 0 Å². The van der Waals surface area contributed by atoms with Gasteiger partial charge in [0.05, 0.1) is 0 Å². The van der Waals surface area contributed by atoms with Gasteiger partial charge in [0.15, 0.2) is 0 Å². The van der Waals surface area contributed by atoms with Gasteiger partial charge in [-0.05, 0) is 0 Å². The number of nitrogens with zero attached hydrogens (tertiary/aromatic N) is 1. The molecule has 0 heterocycles. The molecule has 0 saturated carbocycles. The molecule has 0 aliphatic heterocycles. The van der Waals surface area contributed by atoms with Gasteiger partial charge in [0, 0.05) is 0 Å². The number of allylic oxidation sites excluding steroid dienone is 8. The Morgan fingerprint density at radius 2 is 1.18 bits per heavy atom. The molecular formula is C15H20NNb-. The standard InChI is InChI=1S/C11H11.C4H9N.Nb/c1-2-6-10(5-1)9-11-7-3-4-8-11;1-4(2,3)5;/h1-11H;1-3H3;/q-1;;. The van der Waals surface area contributed by atoms with E-state index in [0.29, 0.717) is 11.8 Å². The van der Waals surface area contributed by atoms with E-state index < -0.39 is 0 Å². The van der Waals surface area contributed by atoms with Crippen molar-refractivity contribution in [2.45, 2.75) is 26.3 Å². The van der Waals surface area contributed by atoms with E-state index in [9.17, 15) is 0 Å². The van der Waals surface area contributed by atoms with Crippen LogP contribution in [0.5, 0.6) is 0 Å². The molecule has 0 aromatic heterocycles. The summed E-state index contributed by atoms with van der Waals surface area (Å²) in [5.41, 5.74) is 0.189. The van der Waals surface area contributed by atoms with Crippen LogP contribution in [0.1, 0.15) is 20.8 Å². The molecule has 0 atom stereocenters. The molecule has 0 radical (unpaired) electrons. The first-order chi connectivity index (χ1) is 8.01. The van der Waals surface area contributed by atoms with Gasteiger partial charge in [-0.3, -0.25) is 0 Å². The monoisotopic (exact) mass is 307 g/mol. The van der Waals surface area contributed by atoms with Gasteiger partial charge >= 0.3 is 50.5 Å². The van der Waals surface area contributed by atoms with Crippen LogP contribution in [0.15, 0.2) is 51.9 Å². The zero-order valence-corrected chi connectivity index (χ0v) is 12.9. The van der Waals surface area contributed by atoms with E-state index in [0.717, 1.165) is 0 Å². The van der Waals surface area contributed by atoms with Crippen LogP contribution in [0, 0.1) is 18.3 Å². The molecule has 2 heteroatoms. The Balaban J connectivity index is 0.000000209. The predicted octanol–water partition coefficient (Wildman–Crippen LogP) is 4.19. The molecule has 2 rings (SSSR count). The van der Waals surface area contributed by atoms with Crippen LogP contribution < -0.4 is 0 Å². The molecule has 0 fully saturated rings. The Labute approximate surface area is 117 Å². The van der Waals surface area contributed by atoms with Gasteiger partial charge in [0.25, 0.3) is 0 Å². The molecule has 0 bridgehead atoms. The minimum absolute atomic E-state index is 0.189. The summed E-state index contributed by atoms with van der Waals surface area (Å²) in [6, 6.07) is 0. The summed E-state index contributed by atoms with van der Waals surface area (Å²) >= 11 is 1.52. The van der Waals surface area contributed by atoms with Crippen LogP contribution >= 0.6 is 0 Å². The summed E-state index contributed by atoms with van der Waals surface area (Å²) in [7, 11) is 0. The van der Waals surface area contributed by atoms with Crippen molar-refractivity contribution in [3.05, 3.63) is 55.0 Å². The SMILES string of the molecule is C1=CC([CH-]C2C=CC=C2)C=C1.CC(C)(C)[N]=[Nb]. The van der Waals surface area contributed by atoms with Crippen LogP contribution in [0.4, 0.5) is 0 Å². The van der Waals surface area contributed by atoms with E-state index in [1.807, 2.05) is 0 Å². The van der Waals surface area contributed by atoms with Crippen LogP contribution in [0.25, 0.3) is 0 Å². The molecule has 91 valence electrons. The molecule has 2 aliphatic rings. The molecule has 0 spiro atoms. The summed E-state index contributed by atoms with van der Waals surface area (Å²) in [5, 5.41) is 0. The maximum atomic E-state index is 4.07. The van der Waals surface area contributed by atoms with Crippen LogP contribution in [0.3, 0.4) is 0 Å². The van der Waals surface area contributed by atoms with E-state index in [1.54, 1.807) is 0 Å². The average Bonchev–Trinajstić information content (AvgIpc) is 2.91. The van der Waals surface area contributed by atoms with Crippen molar-refractivity contribution in [2.24, 2.45) is 15.2 Å². The van der Waals surface area contributed by atoms with Crippen LogP contribution in [0.2, 0.25) is 0 Å². The molecule has 0 unspecified atom stereocenters. The first-order valence-corrected chi connectivity index (χ1v) is 6.91. The van der Waals surface area contributed by atoms with Crippen molar-refractivity contribution in [3.63, 3.8) is 0 Å². The molecule has 0 aromatic rings. The van der Waals surface area contributed by atoms with Crippen LogP contribution in [-0.4, -0.2) is 5.54 Å². The summed E-state index contributed by atoms with van der Waals surface area (Å²) in [6.45, 7) is 6.27. The van der Waals surface area contributed by atoms with Crippen molar-refractivity contribution in [2.75, 3.05) is 0 Å². The minimum atomic E-state index is 0.189. The maximum absolute atomic E-state index is 4.07. The van der Waals surface area contributed by atoms with Crippen LogP contribution in [-0.2, 0) is 20.9 Å². The average molecular weight is 307 g/mol. The van der Waals surface area contributed by atoms with Gasteiger partial charge in [-0.15, -0.1) is 36.1 Å². The second kappa shape index (κ2) is 7.05. The van der Waals surface area contributed by atoms with E-state index in [4.69, 9.17) is 0 Å². The molecule has 0 saturated heterocycles. The number of rotatable bonds is 2. The summed E-state index contributed by atoms with van der Waals surface area (Å²) in [5.74, 6) is 1.10. The van der Waals surface area contributed by atoms with Gasteiger partial charge in [0.2, 0.25) is 0 Å². The van der Waals surface area contributed by atoms with Gasteiger partial charge < -0.3 is 6.42 Å². The Morgan fingerprint density at radius 3 is 1.41 bits per heavy atom. The molecular weight excluding hydrogens is 287 g/mol. The third-order valence-corrected chi connectivity index (χ3v) is 3.77. The fourth-order valence-electron chi connectivity index (χ4n) is 1.41. The fourth-order valence-corrected chi connectivity index (χ4v) is 1.41. The molecule has 0 amide bonds. The molecule has 0 aromatic carbocycles. The number of hydrogen-bond donors (Lipinski definition) is 0. The third-order valence-electron chi connectivity index (χ3n) is 2.30. The topological polar surface area (TPSA) is 12.4 Å². The zero-order chi connectivity index (χ0) is 12.7. The van der Waals surface area contributed by atoms with Gasteiger partial charge in [-0.1, -0.05) is 24.3 Å². The zero-order valence-electron chi connectivity index (χ0n) is 10.7. The van der Waals surface area contributed by atoms with E-state index in [1.165, 1.54) is 20.9 Å². The molecule has 1 nitrogen and oxygen atoms in total. The first-order valence-electron chi connectivity index (χ1n) is 5.92. The molecule has 0 N–H and O–H groups in total.